The molecule has 0 radical (unpaired) electrons. The molecule has 1 aliphatic carbocycles. The Balaban J connectivity index is 2.18. The van der Waals surface area contributed by atoms with Gasteiger partial charge in [0.25, 0.3) is 0 Å². The smallest absolute Gasteiger partial charge is 0.410 e. The molecular weight excluding hydrogens is 272 g/mol. The number of nitrogens with zero attached hydrogens (tertiary/aromatic N) is 1. The van der Waals surface area contributed by atoms with Crippen LogP contribution in [0.4, 0.5) is 4.79 Å². The fourth-order valence-electron chi connectivity index (χ4n) is 1.95. The van der Waals surface area contributed by atoms with Crippen molar-refractivity contribution in [2.75, 3.05) is 31.6 Å². The van der Waals surface area contributed by atoms with Crippen LogP contribution in [0.25, 0.3) is 0 Å². The van der Waals surface area contributed by atoms with Crippen LogP contribution < -0.4 is 5.32 Å². The molecule has 0 aliphatic heterocycles. The quantitative estimate of drug-likeness (QED) is 0.665. The van der Waals surface area contributed by atoms with Gasteiger partial charge in [-0.3, -0.25) is 0 Å². The van der Waals surface area contributed by atoms with Crippen LogP contribution in [-0.2, 0) is 4.74 Å². The Hall–Kier alpha value is -0.420. The van der Waals surface area contributed by atoms with Gasteiger partial charge < -0.3 is 15.0 Å². The number of hydrogen-bond donors (Lipinski definition) is 1. The molecule has 4 nitrogen and oxygen atoms in total. The van der Waals surface area contributed by atoms with E-state index in [9.17, 15) is 4.79 Å². The summed E-state index contributed by atoms with van der Waals surface area (Å²) < 4.78 is 5.47. The molecule has 0 atom stereocenters. The fourth-order valence-corrected chi connectivity index (χ4v) is 2.44. The van der Waals surface area contributed by atoms with Crippen molar-refractivity contribution in [1.82, 2.24) is 10.2 Å². The molecule has 1 fully saturated rings. The Labute approximate surface area is 128 Å². The number of amides is 1. The average Bonchev–Trinajstić information content (AvgIpc) is 3.14. The minimum Gasteiger partial charge on any atom is -0.444 e. The molecule has 20 heavy (non-hydrogen) atoms. The van der Waals surface area contributed by atoms with E-state index < -0.39 is 5.60 Å². The predicted octanol–water partition coefficient (Wildman–Crippen LogP) is 3.12. The van der Waals surface area contributed by atoms with Crippen LogP contribution in [0.15, 0.2) is 0 Å². The zero-order valence-electron chi connectivity index (χ0n) is 13.4. The number of unbranched alkanes of at least 4 members (excludes halogenated alkanes) is 1. The van der Waals surface area contributed by atoms with Crippen LogP contribution in [-0.4, -0.2) is 54.3 Å². The van der Waals surface area contributed by atoms with E-state index in [1.807, 2.05) is 37.4 Å². The minimum atomic E-state index is -0.407. The van der Waals surface area contributed by atoms with Gasteiger partial charge in [0.15, 0.2) is 0 Å². The van der Waals surface area contributed by atoms with Crippen LogP contribution in [0.2, 0.25) is 0 Å². The van der Waals surface area contributed by atoms with Gasteiger partial charge in [-0.2, -0.15) is 11.8 Å². The summed E-state index contributed by atoms with van der Waals surface area (Å²) in [5, 5.41) is 3.42. The van der Waals surface area contributed by atoms with E-state index in [0.717, 1.165) is 32.5 Å². The molecule has 1 rings (SSSR count). The largest absolute Gasteiger partial charge is 0.444 e. The molecule has 0 saturated heterocycles. The first-order valence-electron chi connectivity index (χ1n) is 7.63. The molecule has 0 unspecified atom stereocenters. The second-order valence-electron chi connectivity index (χ2n) is 6.35. The van der Waals surface area contributed by atoms with E-state index in [4.69, 9.17) is 4.74 Å². The first kappa shape index (κ1) is 17.6. The topological polar surface area (TPSA) is 41.6 Å². The predicted molar refractivity (Wildman–Crippen MR) is 86.4 cm³/mol. The molecule has 0 heterocycles. The van der Waals surface area contributed by atoms with E-state index in [0.29, 0.717) is 6.04 Å². The van der Waals surface area contributed by atoms with E-state index in [-0.39, 0.29) is 6.09 Å². The van der Waals surface area contributed by atoms with Gasteiger partial charge in [0, 0.05) is 19.1 Å². The van der Waals surface area contributed by atoms with E-state index >= 15 is 0 Å². The SMILES string of the molecule is CSCCCCNCCN(C(=O)OC(C)(C)C)C1CC1. The fraction of sp³-hybridized carbons (Fsp3) is 0.933. The van der Waals surface area contributed by atoms with Gasteiger partial charge in [-0.15, -0.1) is 0 Å². The third kappa shape index (κ3) is 8.00. The van der Waals surface area contributed by atoms with Crippen molar-refractivity contribution in [3.63, 3.8) is 0 Å². The molecule has 0 aromatic rings. The molecule has 0 aromatic carbocycles. The van der Waals surface area contributed by atoms with Gasteiger partial charge >= 0.3 is 6.09 Å². The van der Waals surface area contributed by atoms with E-state index in [2.05, 4.69) is 11.6 Å². The number of hydrogen-bond acceptors (Lipinski definition) is 4. The molecule has 1 N–H and O–H groups in total. The first-order valence-corrected chi connectivity index (χ1v) is 9.02. The Morgan fingerprint density at radius 3 is 2.55 bits per heavy atom. The lowest BCUT2D eigenvalue weighted by molar-refractivity contribution is 0.0236. The van der Waals surface area contributed by atoms with Crippen LogP contribution in [0.1, 0.15) is 46.5 Å². The summed E-state index contributed by atoms with van der Waals surface area (Å²) in [5.74, 6) is 1.23. The van der Waals surface area contributed by atoms with Crippen LogP contribution in [0, 0.1) is 0 Å². The van der Waals surface area contributed by atoms with Gasteiger partial charge in [0.2, 0.25) is 0 Å². The summed E-state index contributed by atoms with van der Waals surface area (Å²) in [5.41, 5.74) is -0.407. The Bertz CT molecular complexity index is 288. The van der Waals surface area contributed by atoms with Crippen molar-refractivity contribution in [2.24, 2.45) is 0 Å². The summed E-state index contributed by atoms with van der Waals surface area (Å²) >= 11 is 1.89. The lowest BCUT2D eigenvalue weighted by Crippen LogP contribution is -2.41. The van der Waals surface area contributed by atoms with Crippen molar-refractivity contribution in [3.05, 3.63) is 0 Å². The molecule has 0 spiro atoms. The first-order chi connectivity index (χ1) is 9.44. The third-order valence-corrected chi connectivity index (χ3v) is 3.79. The molecular formula is C15H30N2O2S. The average molecular weight is 302 g/mol. The minimum absolute atomic E-state index is 0.163. The molecule has 5 heteroatoms. The van der Waals surface area contributed by atoms with Crippen molar-refractivity contribution in [3.8, 4) is 0 Å². The zero-order valence-corrected chi connectivity index (χ0v) is 14.2. The van der Waals surface area contributed by atoms with Crippen molar-refractivity contribution >= 4 is 17.9 Å². The van der Waals surface area contributed by atoms with Crippen molar-refractivity contribution in [2.45, 2.75) is 58.1 Å². The number of carbonyl (C=O) groups is 1. The number of ether oxygens (including phenoxy) is 1. The molecule has 1 saturated carbocycles. The monoisotopic (exact) mass is 302 g/mol. The zero-order chi connectivity index (χ0) is 15.0. The number of rotatable bonds is 9. The molecule has 0 bridgehead atoms. The highest BCUT2D eigenvalue weighted by Crippen LogP contribution is 2.27. The van der Waals surface area contributed by atoms with Gasteiger partial charge in [0.05, 0.1) is 0 Å². The van der Waals surface area contributed by atoms with Crippen LogP contribution in [0.5, 0.6) is 0 Å². The highest BCUT2D eigenvalue weighted by molar-refractivity contribution is 7.98. The summed E-state index contributed by atoms with van der Waals surface area (Å²) in [6, 6.07) is 0.406. The number of carbonyl (C=O) groups excluding carboxylic acids is 1. The maximum absolute atomic E-state index is 12.1. The Morgan fingerprint density at radius 1 is 1.30 bits per heavy atom. The second-order valence-corrected chi connectivity index (χ2v) is 7.34. The molecule has 0 aromatic heterocycles. The maximum Gasteiger partial charge on any atom is 0.410 e. The van der Waals surface area contributed by atoms with Crippen molar-refractivity contribution < 1.29 is 9.53 Å². The summed E-state index contributed by atoms with van der Waals surface area (Å²) in [4.78, 5) is 14.0. The summed E-state index contributed by atoms with van der Waals surface area (Å²) in [6.45, 7) is 8.39. The molecule has 118 valence electrons. The highest BCUT2D eigenvalue weighted by Gasteiger charge is 2.34. The summed E-state index contributed by atoms with van der Waals surface area (Å²) in [6.07, 6.45) is 6.68. The van der Waals surface area contributed by atoms with Gasteiger partial charge in [-0.05, 0) is 65.0 Å². The Kier molecular flexibility index (Phi) is 7.74. The second kappa shape index (κ2) is 8.78. The van der Waals surface area contributed by atoms with Gasteiger partial charge in [-0.1, -0.05) is 0 Å². The molecule has 1 amide bonds. The van der Waals surface area contributed by atoms with Crippen molar-refractivity contribution in [1.29, 1.82) is 0 Å². The lowest BCUT2D eigenvalue weighted by atomic mass is 10.2. The highest BCUT2D eigenvalue weighted by atomic mass is 32.2. The normalized spacial score (nSPS) is 15.2. The van der Waals surface area contributed by atoms with Gasteiger partial charge in [0.1, 0.15) is 5.60 Å². The number of thioether (sulfide) groups is 1. The van der Waals surface area contributed by atoms with Crippen LogP contribution >= 0.6 is 11.8 Å². The lowest BCUT2D eigenvalue weighted by Gasteiger charge is -2.27. The standard InChI is InChI=1S/C15H30N2O2S/c1-15(2,3)19-14(18)17(13-7-8-13)11-10-16-9-5-6-12-20-4/h13,16H,5-12H2,1-4H3. The number of nitrogens with one attached hydrogen (secondary N) is 1. The maximum atomic E-state index is 12.1. The third-order valence-electron chi connectivity index (χ3n) is 3.10. The van der Waals surface area contributed by atoms with E-state index in [1.165, 1.54) is 18.6 Å². The Morgan fingerprint density at radius 2 is 2.00 bits per heavy atom. The van der Waals surface area contributed by atoms with Crippen LogP contribution in [0.3, 0.4) is 0 Å². The van der Waals surface area contributed by atoms with Gasteiger partial charge in [-0.25, -0.2) is 4.79 Å². The van der Waals surface area contributed by atoms with E-state index in [1.54, 1.807) is 0 Å². The molecule has 1 aliphatic rings. The summed E-state index contributed by atoms with van der Waals surface area (Å²) in [7, 11) is 0.